The smallest absolute Gasteiger partial charge is 0.391 e. The van der Waals surface area contributed by atoms with Crippen LogP contribution in [0.4, 0.5) is 0 Å². The van der Waals surface area contributed by atoms with Crippen LogP contribution in [0.25, 0.3) is 0 Å². The molecule has 1 amide bonds. The van der Waals surface area contributed by atoms with Crippen LogP contribution in [-0.4, -0.2) is 47.8 Å². The minimum Gasteiger partial charge on any atom is -0.391 e. The Hall–Kier alpha value is -1.54. The van der Waals surface area contributed by atoms with Gasteiger partial charge in [0.2, 0.25) is 5.91 Å². The lowest BCUT2D eigenvalue weighted by Crippen LogP contribution is -2.46. The predicted molar refractivity (Wildman–Crippen MR) is 240 cm³/mol. The van der Waals surface area contributed by atoms with E-state index < -0.39 is 20.0 Å². The fourth-order valence-electron chi connectivity index (χ4n) is 6.72. The highest BCUT2D eigenvalue weighted by molar-refractivity contribution is 7.47. The van der Waals surface area contributed by atoms with Gasteiger partial charge in [-0.05, 0) is 51.4 Å². The molecule has 3 atom stereocenters. The van der Waals surface area contributed by atoms with Crippen LogP contribution in [0, 0.1) is 0 Å². The molecule has 0 aliphatic heterocycles. The first-order valence-electron chi connectivity index (χ1n) is 23.3. The highest BCUT2D eigenvalue weighted by Crippen LogP contribution is 2.43. The van der Waals surface area contributed by atoms with Gasteiger partial charge >= 0.3 is 7.82 Å². The van der Waals surface area contributed by atoms with Gasteiger partial charge in [0.1, 0.15) is 0 Å². The molecule has 0 fully saturated rings. The molecule has 0 aliphatic rings. The largest absolute Gasteiger partial charge is 0.472 e. The molecule has 0 rings (SSSR count). The maximum absolute atomic E-state index is 12.8. The number of phosphoric ester groups is 1. The van der Waals surface area contributed by atoms with Gasteiger partial charge in [0.05, 0.1) is 25.4 Å². The van der Waals surface area contributed by atoms with Crippen LogP contribution in [0.3, 0.4) is 0 Å². The average Bonchev–Trinajstić information content (AvgIpc) is 3.19. The van der Waals surface area contributed by atoms with Gasteiger partial charge < -0.3 is 21.1 Å². The first kappa shape index (κ1) is 54.5. The predicted octanol–water partition coefficient (Wildman–Crippen LogP) is 13.3. The third-order valence-electron chi connectivity index (χ3n) is 10.2. The summed E-state index contributed by atoms with van der Waals surface area (Å²) in [5, 5.41) is 13.8. The number of aliphatic hydroxyl groups excluding tert-OH is 1. The maximum Gasteiger partial charge on any atom is 0.472 e. The second kappa shape index (κ2) is 43.0. The summed E-state index contributed by atoms with van der Waals surface area (Å²) in [5.41, 5.74) is 5.39. The number of hydrogen-bond donors (Lipinski definition) is 4. The number of allylic oxidation sites excluding steroid dienone is 8. The minimum atomic E-state index is -4.32. The van der Waals surface area contributed by atoms with E-state index in [4.69, 9.17) is 14.8 Å². The molecule has 0 aromatic heterocycles. The minimum absolute atomic E-state index is 0.0869. The van der Waals surface area contributed by atoms with E-state index in [-0.39, 0.29) is 25.7 Å². The summed E-state index contributed by atoms with van der Waals surface area (Å²) < 4.78 is 22.2. The van der Waals surface area contributed by atoms with E-state index in [1.165, 1.54) is 122 Å². The summed E-state index contributed by atoms with van der Waals surface area (Å²) in [6.07, 6.45) is 52.6. The standard InChI is InChI=1S/C47H89N2O6P/c1-3-5-7-9-11-13-15-17-19-20-21-22-23-24-25-26-27-29-31-33-35-37-39-41-47(51)49-45(44-55-56(52,53)54-43-42-48)46(50)40-38-36-34-32-30-28-18-16-14-12-10-8-6-4-2/h5,7,11,13,17,19,21-22,45-46,50H,3-4,6,8-10,12,14-16,18,20,23-44,48H2,1-2H3,(H,49,51)(H,52,53)/b7-5-,13-11-,19-17-,22-21-. The molecular weight excluding hydrogens is 719 g/mol. The summed E-state index contributed by atoms with van der Waals surface area (Å²) in [5.74, 6) is -0.167. The molecule has 0 spiro atoms. The number of phosphoric acid groups is 1. The van der Waals surface area contributed by atoms with E-state index in [1.807, 2.05) is 0 Å². The first-order chi connectivity index (χ1) is 27.4. The van der Waals surface area contributed by atoms with Gasteiger partial charge in [-0.15, -0.1) is 0 Å². The van der Waals surface area contributed by atoms with E-state index in [1.54, 1.807) is 0 Å². The Balaban J connectivity index is 4.09. The van der Waals surface area contributed by atoms with E-state index in [9.17, 15) is 19.4 Å². The van der Waals surface area contributed by atoms with Crippen molar-refractivity contribution in [1.82, 2.24) is 5.32 Å². The lowest BCUT2D eigenvalue weighted by Gasteiger charge is -2.25. The fourth-order valence-corrected chi connectivity index (χ4v) is 7.48. The number of nitrogens with two attached hydrogens (primary N) is 1. The molecule has 0 saturated heterocycles. The van der Waals surface area contributed by atoms with E-state index in [2.05, 4.69) is 67.8 Å². The molecule has 0 heterocycles. The number of rotatable bonds is 43. The first-order valence-corrected chi connectivity index (χ1v) is 24.7. The van der Waals surface area contributed by atoms with Crippen molar-refractivity contribution in [2.75, 3.05) is 19.8 Å². The lowest BCUT2D eigenvalue weighted by molar-refractivity contribution is -0.123. The summed E-state index contributed by atoms with van der Waals surface area (Å²) in [6.45, 7) is 4.10. The molecule has 0 aliphatic carbocycles. The number of carbonyl (C=O) groups excluding carboxylic acids is 1. The summed E-state index contributed by atoms with van der Waals surface area (Å²) in [6, 6.07) is -0.777. The van der Waals surface area contributed by atoms with Crippen LogP contribution < -0.4 is 11.1 Å². The van der Waals surface area contributed by atoms with E-state index in [0.717, 1.165) is 64.2 Å². The van der Waals surface area contributed by atoms with Crippen molar-refractivity contribution in [3.05, 3.63) is 48.6 Å². The second-order valence-corrected chi connectivity index (χ2v) is 17.0. The van der Waals surface area contributed by atoms with Crippen molar-refractivity contribution < 1.29 is 28.4 Å². The Morgan fingerprint density at radius 2 is 1.04 bits per heavy atom. The van der Waals surface area contributed by atoms with Crippen LogP contribution in [0.5, 0.6) is 0 Å². The monoisotopic (exact) mass is 809 g/mol. The van der Waals surface area contributed by atoms with Crippen molar-refractivity contribution in [3.8, 4) is 0 Å². The lowest BCUT2D eigenvalue weighted by atomic mass is 10.0. The average molecular weight is 809 g/mol. The normalized spacial score (nSPS) is 14.4. The molecular formula is C47H89N2O6P. The molecule has 328 valence electrons. The van der Waals surface area contributed by atoms with Crippen molar-refractivity contribution in [2.45, 2.75) is 225 Å². The van der Waals surface area contributed by atoms with Crippen molar-refractivity contribution in [3.63, 3.8) is 0 Å². The highest BCUT2D eigenvalue weighted by atomic mass is 31.2. The summed E-state index contributed by atoms with van der Waals surface area (Å²) in [7, 11) is -4.32. The number of nitrogens with one attached hydrogen (secondary N) is 1. The van der Waals surface area contributed by atoms with Crippen LogP contribution in [0.2, 0.25) is 0 Å². The van der Waals surface area contributed by atoms with Crippen LogP contribution in [0.15, 0.2) is 48.6 Å². The Morgan fingerprint density at radius 3 is 1.52 bits per heavy atom. The van der Waals surface area contributed by atoms with Gasteiger partial charge in [0.25, 0.3) is 0 Å². The van der Waals surface area contributed by atoms with Gasteiger partial charge in [-0.25, -0.2) is 4.57 Å². The fraction of sp³-hybridized carbons (Fsp3) is 0.809. The Morgan fingerprint density at radius 1 is 0.607 bits per heavy atom. The molecule has 56 heavy (non-hydrogen) atoms. The van der Waals surface area contributed by atoms with E-state index in [0.29, 0.717) is 12.8 Å². The molecule has 9 heteroatoms. The molecule has 0 aromatic rings. The Kier molecular flexibility index (Phi) is 41.9. The maximum atomic E-state index is 12.8. The highest BCUT2D eigenvalue weighted by Gasteiger charge is 2.27. The number of hydrogen-bond acceptors (Lipinski definition) is 6. The molecule has 0 bridgehead atoms. The molecule has 0 saturated carbocycles. The van der Waals surface area contributed by atoms with Gasteiger partial charge in [-0.2, -0.15) is 0 Å². The topological polar surface area (TPSA) is 131 Å². The third kappa shape index (κ3) is 40.6. The SMILES string of the molecule is CC/C=C\C/C=C\C/C=C\C/C=C\CCCCCCCCCCCCC(=O)NC(COP(=O)(O)OCCN)C(O)CCCCCCCCCCCCCCCC. The van der Waals surface area contributed by atoms with Crippen LogP contribution in [-0.2, 0) is 18.4 Å². The molecule has 0 aromatic carbocycles. The number of aliphatic hydroxyl groups is 1. The zero-order chi connectivity index (χ0) is 41.1. The second-order valence-electron chi connectivity index (χ2n) is 15.6. The zero-order valence-electron chi connectivity index (χ0n) is 36.4. The Labute approximate surface area is 345 Å². The van der Waals surface area contributed by atoms with Gasteiger partial charge in [0.15, 0.2) is 0 Å². The van der Waals surface area contributed by atoms with E-state index >= 15 is 0 Å². The van der Waals surface area contributed by atoms with Crippen molar-refractivity contribution in [2.24, 2.45) is 5.73 Å². The van der Waals surface area contributed by atoms with Gasteiger partial charge in [-0.1, -0.05) is 204 Å². The van der Waals surface area contributed by atoms with Crippen LogP contribution >= 0.6 is 7.82 Å². The van der Waals surface area contributed by atoms with Gasteiger partial charge in [-0.3, -0.25) is 13.8 Å². The van der Waals surface area contributed by atoms with Crippen LogP contribution in [0.1, 0.15) is 213 Å². The number of unbranched alkanes of at least 4 members (excludes halogenated alkanes) is 23. The van der Waals surface area contributed by atoms with Crippen molar-refractivity contribution >= 4 is 13.7 Å². The third-order valence-corrected chi connectivity index (χ3v) is 11.2. The quantitative estimate of drug-likeness (QED) is 0.0274. The van der Waals surface area contributed by atoms with Gasteiger partial charge in [0, 0.05) is 13.0 Å². The summed E-state index contributed by atoms with van der Waals surface area (Å²) in [4.78, 5) is 22.8. The molecule has 3 unspecified atom stereocenters. The molecule has 5 N–H and O–H groups in total. The Bertz CT molecular complexity index is 1020. The van der Waals surface area contributed by atoms with Crippen molar-refractivity contribution in [1.29, 1.82) is 0 Å². The summed E-state index contributed by atoms with van der Waals surface area (Å²) >= 11 is 0. The number of carbonyl (C=O) groups is 1. The zero-order valence-corrected chi connectivity index (χ0v) is 37.3. The molecule has 0 radical (unpaired) electrons. The molecule has 8 nitrogen and oxygen atoms in total. The number of amides is 1.